The van der Waals surface area contributed by atoms with Crippen molar-refractivity contribution in [3.63, 3.8) is 0 Å². The van der Waals surface area contributed by atoms with Gasteiger partial charge in [0, 0.05) is 10.6 Å². The van der Waals surface area contributed by atoms with E-state index in [1.165, 1.54) is 29.2 Å². The number of carbonyl (C=O) groups is 2. The molecule has 1 amide bonds. The van der Waals surface area contributed by atoms with Crippen LogP contribution in [0.25, 0.3) is 0 Å². The minimum Gasteiger partial charge on any atom is -0.298 e. The molecule has 0 unspecified atom stereocenters. The maximum absolute atomic E-state index is 12.6. The van der Waals surface area contributed by atoms with E-state index in [0.29, 0.717) is 10.6 Å². The van der Waals surface area contributed by atoms with Gasteiger partial charge in [0.2, 0.25) is 15.7 Å². The van der Waals surface area contributed by atoms with Crippen LogP contribution in [0.15, 0.2) is 69.9 Å². The van der Waals surface area contributed by atoms with Crippen molar-refractivity contribution >= 4 is 44.9 Å². The third-order valence-electron chi connectivity index (χ3n) is 3.71. The maximum Gasteiger partial charge on any atom is 0.238 e. The number of thioether (sulfide) groups is 1. The third kappa shape index (κ3) is 4.17. The fourth-order valence-corrected chi connectivity index (χ4v) is 4.93. The second-order valence-electron chi connectivity index (χ2n) is 5.51. The molecule has 1 aliphatic heterocycles. The summed E-state index contributed by atoms with van der Waals surface area (Å²) in [5.41, 5.74) is 0.470. The summed E-state index contributed by atoms with van der Waals surface area (Å²) in [6, 6.07) is 14.3. The number of sulfone groups is 1. The van der Waals surface area contributed by atoms with Crippen molar-refractivity contribution in [2.45, 2.75) is 4.90 Å². The number of hydrogen-bond acceptors (Lipinski definition) is 5. The number of rotatable bonds is 5. The molecule has 134 valence electrons. The van der Waals surface area contributed by atoms with Gasteiger partial charge in [-0.15, -0.1) is 0 Å². The van der Waals surface area contributed by atoms with Crippen molar-refractivity contribution in [3.8, 4) is 0 Å². The molecule has 1 aliphatic rings. The molecular formula is C18H14ClNO4S2. The molecule has 1 fully saturated rings. The number of benzene rings is 2. The molecule has 0 radical (unpaired) electrons. The van der Waals surface area contributed by atoms with Crippen LogP contribution in [0, 0.1) is 0 Å². The van der Waals surface area contributed by atoms with E-state index in [0.717, 1.165) is 17.2 Å². The van der Waals surface area contributed by atoms with Crippen molar-refractivity contribution in [3.05, 3.63) is 75.6 Å². The first kappa shape index (κ1) is 18.7. The van der Waals surface area contributed by atoms with Crippen molar-refractivity contribution in [2.24, 2.45) is 0 Å². The number of amides is 1. The van der Waals surface area contributed by atoms with Gasteiger partial charge in [-0.05, 0) is 24.3 Å². The molecule has 1 heterocycles. The van der Waals surface area contributed by atoms with Crippen LogP contribution in [0.5, 0.6) is 0 Å². The van der Waals surface area contributed by atoms with Crippen LogP contribution >= 0.6 is 23.4 Å². The standard InChI is InChI=1S/C18H14ClNO4S2/c19-14-6-8-15(9-7-14)26(23,24)12-18-20(17(22)11-25-18)10-16(21)13-4-2-1-3-5-13/h1-9,12H,10-11H2. The molecule has 0 aromatic heterocycles. The van der Waals surface area contributed by atoms with E-state index in [9.17, 15) is 18.0 Å². The maximum atomic E-state index is 12.6. The fraction of sp³-hybridized carbons (Fsp3) is 0.111. The lowest BCUT2D eigenvalue weighted by Crippen LogP contribution is -2.30. The normalized spacial score (nSPS) is 16.3. The lowest BCUT2D eigenvalue weighted by Gasteiger charge is -2.16. The number of ketones is 1. The monoisotopic (exact) mass is 407 g/mol. The summed E-state index contributed by atoms with van der Waals surface area (Å²) in [5.74, 6) is -0.447. The molecule has 2 aromatic carbocycles. The van der Waals surface area contributed by atoms with Gasteiger partial charge in [-0.2, -0.15) is 0 Å². The van der Waals surface area contributed by atoms with Gasteiger partial charge in [0.15, 0.2) is 5.78 Å². The zero-order valence-electron chi connectivity index (χ0n) is 13.5. The first-order valence-corrected chi connectivity index (χ1v) is 10.5. The minimum absolute atomic E-state index is 0.0729. The fourth-order valence-electron chi connectivity index (χ4n) is 2.36. The summed E-state index contributed by atoms with van der Waals surface area (Å²) < 4.78 is 25.1. The Labute approximate surface area is 160 Å². The second kappa shape index (κ2) is 7.65. The number of carbonyl (C=O) groups excluding carboxylic acids is 2. The average molecular weight is 408 g/mol. The lowest BCUT2D eigenvalue weighted by atomic mass is 10.1. The first-order chi connectivity index (χ1) is 12.4. The summed E-state index contributed by atoms with van der Waals surface area (Å²) in [5, 5.41) is 1.70. The van der Waals surface area contributed by atoms with E-state index in [1.807, 2.05) is 0 Å². The van der Waals surface area contributed by atoms with Gasteiger partial charge in [-0.25, -0.2) is 8.42 Å². The Morgan fingerprint density at radius 2 is 1.77 bits per heavy atom. The number of Topliss-reactive ketones (excluding diaryl/α,β-unsaturated/α-hetero) is 1. The van der Waals surface area contributed by atoms with Gasteiger partial charge in [-0.3, -0.25) is 14.5 Å². The van der Waals surface area contributed by atoms with Crippen LogP contribution in [0.1, 0.15) is 10.4 Å². The van der Waals surface area contributed by atoms with Gasteiger partial charge in [0.1, 0.15) is 0 Å². The van der Waals surface area contributed by atoms with Crippen molar-refractivity contribution in [1.29, 1.82) is 0 Å². The van der Waals surface area contributed by atoms with Gasteiger partial charge >= 0.3 is 0 Å². The van der Waals surface area contributed by atoms with Crippen molar-refractivity contribution in [1.82, 2.24) is 4.90 Å². The highest BCUT2D eigenvalue weighted by Gasteiger charge is 2.30. The second-order valence-corrected chi connectivity index (χ2v) is 8.74. The van der Waals surface area contributed by atoms with Crippen LogP contribution in [0.2, 0.25) is 5.02 Å². The largest absolute Gasteiger partial charge is 0.298 e. The number of halogens is 1. The molecule has 0 bridgehead atoms. The summed E-state index contributed by atoms with van der Waals surface area (Å²) in [6.07, 6.45) is 0. The summed E-state index contributed by atoms with van der Waals surface area (Å²) in [4.78, 5) is 25.8. The molecule has 0 N–H and O–H groups in total. The zero-order chi connectivity index (χ0) is 18.7. The molecule has 0 spiro atoms. The van der Waals surface area contributed by atoms with E-state index in [4.69, 9.17) is 11.6 Å². The topological polar surface area (TPSA) is 71.5 Å². The predicted molar refractivity (Wildman–Crippen MR) is 102 cm³/mol. The first-order valence-electron chi connectivity index (χ1n) is 7.60. The summed E-state index contributed by atoms with van der Waals surface area (Å²) >= 11 is 6.89. The van der Waals surface area contributed by atoms with Gasteiger partial charge in [0.25, 0.3) is 0 Å². The van der Waals surface area contributed by atoms with Crippen molar-refractivity contribution in [2.75, 3.05) is 12.3 Å². The smallest absolute Gasteiger partial charge is 0.238 e. The molecule has 0 atom stereocenters. The lowest BCUT2D eigenvalue weighted by molar-refractivity contribution is -0.125. The Morgan fingerprint density at radius 3 is 2.42 bits per heavy atom. The van der Waals surface area contributed by atoms with Crippen LogP contribution in [-0.4, -0.2) is 37.3 Å². The highest BCUT2D eigenvalue weighted by Crippen LogP contribution is 2.31. The Hall–Kier alpha value is -2.09. The predicted octanol–water partition coefficient (Wildman–Crippen LogP) is 3.37. The van der Waals surface area contributed by atoms with E-state index in [1.54, 1.807) is 30.3 Å². The zero-order valence-corrected chi connectivity index (χ0v) is 15.9. The summed E-state index contributed by atoms with van der Waals surface area (Å²) in [6.45, 7) is -0.197. The highest BCUT2D eigenvalue weighted by molar-refractivity contribution is 8.05. The van der Waals surface area contributed by atoms with E-state index >= 15 is 0 Å². The molecule has 26 heavy (non-hydrogen) atoms. The highest BCUT2D eigenvalue weighted by atomic mass is 35.5. The Balaban J connectivity index is 1.86. The Morgan fingerprint density at radius 1 is 1.12 bits per heavy atom. The number of hydrogen-bond donors (Lipinski definition) is 0. The molecule has 0 saturated carbocycles. The SMILES string of the molecule is O=C(CN1C(=O)CSC1=CS(=O)(=O)c1ccc(Cl)cc1)c1ccccc1. The van der Waals surface area contributed by atoms with Gasteiger partial charge < -0.3 is 0 Å². The molecular weight excluding hydrogens is 394 g/mol. The third-order valence-corrected chi connectivity index (χ3v) is 6.60. The molecule has 0 aliphatic carbocycles. The van der Waals surface area contributed by atoms with E-state index in [2.05, 4.69) is 0 Å². The van der Waals surface area contributed by atoms with Crippen LogP contribution in [0.3, 0.4) is 0 Å². The Bertz CT molecular complexity index is 970. The molecule has 8 heteroatoms. The quantitative estimate of drug-likeness (QED) is 0.710. The average Bonchev–Trinajstić information content (AvgIpc) is 2.95. The number of nitrogens with zero attached hydrogens (tertiary/aromatic N) is 1. The molecule has 1 saturated heterocycles. The summed E-state index contributed by atoms with van der Waals surface area (Å²) in [7, 11) is -3.76. The van der Waals surface area contributed by atoms with Crippen molar-refractivity contribution < 1.29 is 18.0 Å². The van der Waals surface area contributed by atoms with Gasteiger partial charge in [0.05, 0.1) is 27.6 Å². The Kier molecular flexibility index (Phi) is 5.50. The minimum atomic E-state index is -3.76. The molecule has 5 nitrogen and oxygen atoms in total. The van der Waals surface area contributed by atoms with E-state index < -0.39 is 9.84 Å². The van der Waals surface area contributed by atoms with Crippen LogP contribution in [-0.2, 0) is 14.6 Å². The molecule has 3 rings (SSSR count). The van der Waals surface area contributed by atoms with Crippen LogP contribution in [0.4, 0.5) is 0 Å². The molecule has 2 aromatic rings. The van der Waals surface area contributed by atoms with E-state index in [-0.39, 0.29) is 33.9 Å². The van der Waals surface area contributed by atoms with Gasteiger partial charge in [-0.1, -0.05) is 53.7 Å². The van der Waals surface area contributed by atoms with Crippen LogP contribution < -0.4 is 0 Å².